The van der Waals surface area contributed by atoms with E-state index in [1.165, 1.54) is 17.4 Å². The summed E-state index contributed by atoms with van der Waals surface area (Å²) < 4.78 is 15.0. The number of rotatable bonds is 2. The van der Waals surface area contributed by atoms with E-state index in [4.69, 9.17) is 17.3 Å². The molecule has 0 aliphatic rings. The van der Waals surface area contributed by atoms with Crippen molar-refractivity contribution in [3.05, 3.63) is 53.8 Å². The lowest BCUT2D eigenvalue weighted by molar-refractivity contribution is 0.619. The lowest BCUT2D eigenvalue weighted by Gasteiger charge is -2.10. The average molecular weight is 400 g/mol. The van der Waals surface area contributed by atoms with Gasteiger partial charge < -0.3 is 5.73 Å². The highest BCUT2D eigenvalue weighted by molar-refractivity contribution is 9.10. The Morgan fingerprint density at radius 1 is 1.24 bits per heavy atom. The summed E-state index contributed by atoms with van der Waals surface area (Å²) in [4.78, 5) is 0.931. The molecule has 1 heterocycles. The molecular formula is C11H7Br2ClFNS. The quantitative estimate of drug-likeness (QED) is 0.746. The molecule has 0 saturated heterocycles. The zero-order valence-electron chi connectivity index (χ0n) is 8.38. The van der Waals surface area contributed by atoms with E-state index in [0.29, 0.717) is 8.81 Å². The molecule has 1 unspecified atom stereocenters. The van der Waals surface area contributed by atoms with Crippen molar-refractivity contribution in [2.45, 2.75) is 6.04 Å². The minimum Gasteiger partial charge on any atom is -0.320 e. The second-order valence-corrected chi connectivity index (χ2v) is 6.82. The molecule has 6 heteroatoms. The van der Waals surface area contributed by atoms with Crippen LogP contribution >= 0.6 is 54.8 Å². The van der Waals surface area contributed by atoms with Gasteiger partial charge in [0, 0.05) is 9.35 Å². The van der Waals surface area contributed by atoms with Gasteiger partial charge in [0.2, 0.25) is 0 Å². The summed E-state index contributed by atoms with van der Waals surface area (Å²) in [5.74, 6) is -0.300. The van der Waals surface area contributed by atoms with Gasteiger partial charge in [-0.3, -0.25) is 0 Å². The molecule has 0 amide bonds. The Hall–Kier alpha value is 0.0600. The first-order valence-electron chi connectivity index (χ1n) is 4.64. The molecule has 0 bridgehead atoms. The van der Waals surface area contributed by atoms with Gasteiger partial charge in [0.15, 0.2) is 0 Å². The average Bonchev–Trinajstić information content (AvgIpc) is 2.62. The van der Waals surface area contributed by atoms with Crippen LogP contribution in [0.15, 0.2) is 33.2 Å². The van der Waals surface area contributed by atoms with Gasteiger partial charge in [0.05, 0.1) is 10.5 Å². The number of thiophene rings is 1. The Morgan fingerprint density at radius 3 is 2.47 bits per heavy atom. The molecule has 17 heavy (non-hydrogen) atoms. The fourth-order valence-corrected chi connectivity index (χ4v) is 3.55. The van der Waals surface area contributed by atoms with Crippen LogP contribution in [0.2, 0.25) is 4.34 Å². The molecule has 2 rings (SSSR count). The molecule has 0 saturated carbocycles. The number of nitrogens with two attached hydrogens (primary N) is 1. The first-order valence-corrected chi connectivity index (χ1v) is 7.42. The van der Waals surface area contributed by atoms with Crippen LogP contribution in [-0.2, 0) is 0 Å². The van der Waals surface area contributed by atoms with E-state index in [-0.39, 0.29) is 11.9 Å². The zero-order chi connectivity index (χ0) is 12.6. The second kappa shape index (κ2) is 5.36. The third-order valence-electron chi connectivity index (χ3n) is 2.27. The lowest BCUT2D eigenvalue weighted by atomic mass is 10.1. The Kier molecular flexibility index (Phi) is 4.26. The van der Waals surface area contributed by atoms with Gasteiger partial charge in [-0.2, -0.15) is 0 Å². The van der Waals surface area contributed by atoms with E-state index in [1.807, 2.05) is 6.07 Å². The molecule has 0 spiro atoms. The molecule has 1 aromatic carbocycles. The zero-order valence-corrected chi connectivity index (χ0v) is 13.1. The summed E-state index contributed by atoms with van der Waals surface area (Å²) in [5, 5.41) is 0. The van der Waals surface area contributed by atoms with Crippen molar-refractivity contribution in [3.8, 4) is 0 Å². The first-order chi connectivity index (χ1) is 7.99. The summed E-state index contributed by atoms with van der Waals surface area (Å²) in [6.07, 6.45) is 0. The van der Waals surface area contributed by atoms with Crippen molar-refractivity contribution < 1.29 is 4.39 Å². The standard InChI is InChI=1S/C11H7Br2ClFNS/c12-6-3-5(1-2-8(6)15)10(16)9-4-7(13)11(14)17-9/h1-4,10H,16H2. The number of hydrogen-bond acceptors (Lipinski definition) is 2. The molecule has 0 radical (unpaired) electrons. The molecular weight excluding hydrogens is 392 g/mol. The maximum absolute atomic E-state index is 13.1. The van der Waals surface area contributed by atoms with Gasteiger partial charge in [-0.25, -0.2) is 4.39 Å². The van der Waals surface area contributed by atoms with Gasteiger partial charge in [-0.05, 0) is 55.6 Å². The fraction of sp³-hybridized carbons (Fsp3) is 0.0909. The molecule has 0 aliphatic carbocycles. The van der Waals surface area contributed by atoms with Crippen LogP contribution in [0.1, 0.15) is 16.5 Å². The number of halogens is 4. The highest BCUT2D eigenvalue weighted by atomic mass is 79.9. The molecule has 90 valence electrons. The third kappa shape index (κ3) is 2.90. The molecule has 0 fully saturated rings. The van der Waals surface area contributed by atoms with E-state index in [0.717, 1.165) is 14.9 Å². The van der Waals surface area contributed by atoms with E-state index < -0.39 is 0 Å². The summed E-state index contributed by atoms with van der Waals surface area (Å²) in [7, 11) is 0. The predicted molar refractivity (Wildman–Crippen MR) is 77.2 cm³/mol. The van der Waals surface area contributed by atoms with Crippen LogP contribution in [0.4, 0.5) is 4.39 Å². The van der Waals surface area contributed by atoms with Crippen LogP contribution in [-0.4, -0.2) is 0 Å². The van der Waals surface area contributed by atoms with Gasteiger partial charge in [0.25, 0.3) is 0 Å². The minimum atomic E-state index is -0.305. The molecule has 2 aromatic rings. The Balaban J connectivity index is 2.36. The second-order valence-electron chi connectivity index (χ2n) is 3.42. The smallest absolute Gasteiger partial charge is 0.137 e. The van der Waals surface area contributed by atoms with Gasteiger partial charge in [-0.1, -0.05) is 17.7 Å². The summed E-state index contributed by atoms with van der Waals surface area (Å²) in [6.45, 7) is 0. The van der Waals surface area contributed by atoms with Crippen LogP contribution in [0, 0.1) is 5.82 Å². The van der Waals surface area contributed by atoms with Crippen LogP contribution in [0.5, 0.6) is 0 Å². The molecule has 1 aromatic heterocycles. The fourth-order valence-electron chi connectivity index (χ4n) is 1.39. The normalized spacial score (nSPS) is 12.8. The maximum Gasteiger partial charge on any atom is 0.137 e. The first kappa shape index (κ1) is 13.5. The Morgan fingerprint density at radius 2 is 1.94 bits per heavy atom. The van der Waals surface area contributed by atoms with Gasteiger partial charge >= 0.3 is 0 Å². The van der Waals surface area contributed by atoms with E-state index in [2.05, 4.69) is 31.9 Å². The van der Waals surface area contributed by atoms with Crippen molar-refractivity contribution in [2.24, 2.45) is 5.73 Å². The Bertz CT molecular complexity index is 539. The summed E-state index contributed by atoms with van der Waals surface area (Å²) in [5.41, 5.74) is 6.94. The molecule has 0 aliphatic heterocycles. The summed E-state index contributed by atoms with van der Waals surface area (Å²) in [6, 6.07) is 6.33. The predicted octanol–water partition coefficient (Wildman–Crippen LogP) is 5.11. The highest BCUT2D eigenvalue weighted by Crippen LogP contribution is 2.36. The maximum atomic E-state index is 13.1. The Labute approximate surface area is 124 Å². The van der Waals surface area contributed by atoms with Crippen molar-refractivity contribution in [1.29, 1.82) is 0 Å². The molecule has 1 atom stereocenters. The highest BCUT2D eigenvalue weighted by Gasteiger charge is 2.15. The molecule has 2 N–H and O–H groups in total. The molecule has 1 nitrogen and oxygen atoms in total. The van der Waals surface area contributed by atoms with E-state index in [9.17, 15) is 4.39 Å². The van der Waals surface area contributed by atoms with Crippen molar-refractivity contribution in [3.63, 3.8) is 0 Å². The van der Waals surface area contributed by atoms with Crippen LogP contribution in [0.3, 0.4) is 0 Å². The van der Waals surface area contributed by atoms with Gasteiger partial charge in [0.1, 0.15) is 10.2 Å². The monoisotopic (exact) mass is 397 g/mol. The van der Waals surface area contributed by atoms with Crippen molar-refractivity contribution in [2.75, 3.05) is 0 Å². The van der Waals surface area contributed by atoms with Gasteiger partial charge in [-0.15, -0.1) is 11.3 Å². The van der Waals surface area contributed by atoms with Crippen LogP contribution < -0.4 is 5.73 Å². The minimum absolute atomic E-state index is 0.300. The van der Waals surface area contributed by atoms with Crippen molar-refractivity contribution >= 4 is 54.8 Å². The number of benzene rings is 1. The van der Waals surface area contributed by atoms with Crippen LogP contribution in [0.25, 0.3) is 0 Å². The van der Waals surface area contributed by atoms with Crippen molar-refractivity contribution in [1.82, 2.24) is 0 Å². The SMILES string of the molecule is NC(c1ccc(F)c(Br)c1)c1cc(Br)c(Cl)s1. The number of hydrogen-bond donors (Lipinski definition) is 1. The topological polar surface area (TPSA) is 26.0 Å². The third-order valence-corrected chi connectivity index (χ3v) is 5.44. The largest absolute Gasteiger partial charge is 0.320 e. The summed E-state index contributed by atoms with van der Waals surface area (Å²) >= 11 is 13.9. The van der Waals surface area contributed by atoms with E-state index in [1.54, 1.807) is 12.1 Å². The van der Waals surface area contributed by atoms with E-state index >= 15 is 0 Å². The lowest BCUT2D eigenvalue weighted by Crippen LogP contribution is -2.10.